The SMILES string of the molecule is C[C@H](NC(=O)C[NH+]1CCCCC1)c1ccccc1Br. The molecule has 0 aromatic heterocycles. The molecule has 4 heteroatoms. The van der Waals surface area contributed by atoms with E-state index in [1.165, 1.54) is 24.2 Å². The molecule has 104 valence electrons. The van der Waals surface area contributed by atoms with Gasteiger partial charge in [0.25, 0.3) is 5.91 Å². The van der Waals surface area contributed by atoms with E-state index in [1.807, 2.05) is 31.2 Å². The fraction of sp³-hybridized carbons (Fsp3) is 0.533. The van der Waals surface area contributed by atoms with Crippen LogP contribution < -0.4 is 10.2 Å². The molecule has 3 nitrogen and oxygen atoms in total. The second-order valence-corrected chi connectivity index (χ2v) is 6.15. The number of carbonyl (C=O) groups is 1. The minimum Gasteiger partial charge on any atom is -0.345 e. The molecule has 0 aliphatic carbocycles. The Morgan fingerprint density at radius 2 is 2.00 bits per heavy atom. The molecule has 0 bridgehead atoms. The van der Waals surface area contributed by atoms with E-state index in [2.05, 4.69) is 21.2 Å². The summed E-state index contributed by atoms with van der Waals surface area (Å²) >= 11 is 3.53. The van der Waals surface area contributed by atoms with Crippen LogP contribution in [0.25, 0.3) is 0 Å². The Labute approximate surface area is 123 Å². The molecule has 2 rings (SSSR count). The van der Waals surface area contributed by atoms with Crippen LogP contribution in [0.1, 0.15) is 37.8 Å². The van der Waals surface area contributed by atoms with Crippen molar-refractivity contribution < 1.29 is 9.69 Å². The third-order valence-electron chi connectivity index (χ3n) is 3.72. The number of hydrogen-bond acceptors (Lipinski definition) is 1. The minimum absolute atomic E-state index is 0.0484. The molecule has 1 aromatic rings. The Morgan fingerprint density at radius 3 is 2.68 bits per heavy atom. The largest absolute Gasteiger partial charge is 0.345 e. The zero-order valence-electron chi connectivity index (χ0n) is 11.4. The van der Waals surface area contributed by atoms with Crippen LogP contribution in [-0.2, 0) is 4.79 Å². The van der Waals surface area contributed by atoms with Crippen LogP contribution in [0.15, 0.2) is 28.7 Å². The average molecular weight is 326 g/mol. The molecule has 1 amide bonds. The lowest BCUT2D eigenvalue weighted by Crippen LogP contribution is -3.13. The van der Waals surface area contributed by atoms with E-state index in [9.17, 15) is 4.79 Å². The van der Waals surface area contributed by atoms with Crippen molar-refractivity contribution in [2.75, 3.05) is 19.6 Å². The lowest BCUT2D eigenvalue weighted by atomic mass is 10.1. The molecule has 2 N–H and O–H groups in total. The maximum atomic E-state index is 12.1. The van der Waals surface area contributed by atoms with Crippen molar-refractivity contribution in [3.8, 4) is 0 Å². The zero-order chi connectivity index (χ0) is 13.7. The molecule has 1 saturated heterocycles. The Balaban J connectivity index is 1.86. The summed E-state index contributed by atoms with van der Waals surface area (Å²) in [4.78, 5) is 13.5. The van der Waals surface area contributed by atoms with Crippen molar-refractivity contribution in [3.05, 3.63) is 34.3 Å². The first-order chi connectivity index (χ1) is 9.16. The summed E-state index contributed by atoms with van der Waals surface area (Å²) in [5, 5.41) is 3.09. The van der Waals surface area contributed by atoms with Gasteiger partial charge in [0.15, 0.2) is 6.54 Å². The summed E-state index contributed by atoms with van der Waals surface area (Å²) in [5.74, 6) is 0.153. The van der Waals surface area contributed by atoms with Gasteiger partial charge in [-0.2, -0.15) is 0 Å². The molecular formula is C15H22BrN2O+. The Morgan fingerprint density at radius 1 is 1.32 bits per heavy atom. The fourth-order valence-electron chi connectivity index (χ4n) is 2.65. The molecule has 1 aliphatic rings. The Kier molecular flexibility index (Phi) is 5.40. The number of halogens is 1. The van der Waals surface area contributed by atoms with Crippen LogP contribution in [0.2, 0.25) is 0 Å². The number of quaternary nitrogens is 1. The van der Waals surface area contributed by atoms with E-state index < -0.39 is 0 Å². The van der Waals surface area contributed by atoms with Gasteiger partial charge in [0, 0.05) is 4.47 Å². The van der Waals surface area contributed by atoms with Gasteiger partial charge in [0.1, 0.15) is 0 Å². The number of likely N-dealkylation sites (tertiary alicyclic amines) is 1. The maximum Gasteiger partial charge on any atom is 0.275 e. The summed E-state index contributed by atoms with van der Waals surface area (Å²) in [7, 11) is 0. The monoisotopic (exact) mass is 325 g/mol. The fourth-order valence-corrected chi connectivity index (χ4v) is 3.28. The third-order valence-corrected chi connectivity index (χ3v) is 4.44. The summed E-state index contributed by atoms with van der Waals surface area (Å²) in [6.45, 7) is 4.91. The molecule has 1 atom stereocenters. The highest BCUT2D eigenvalue weighted by Gasteiger charge is 2.19. The van der Waals surface area contributed by atoms with Gasteiger partial charge in [-0.3, -0.25) is 4.79 Å². The third kappa shape index (κ3) is 4.32. The van der Waals surface area contributed by atoms with Crippen molar-refractivity contribution in [2.45, 2.75) is 32.2 Å². The van der Waals surface area contributed by atoms with Crippen LogP contribution in [-0.4, -0.2) is 25.5 Å². The van der Waals surface area contributed by atoms with Crippen LogP contribution >= 0.6 is 15.9 Å². The lowest BCUT2D eigenvalue weighted by molar-refractivity contribution is -0.896. The molecule has 0 radical (unpaired) electrons. The molecule has 0 saturated carbocycles. The van der Waals surface area contributed by atoms with Crippen LogP contribution in [0.5, 0.6) is 0 Å². The molecule has 1 fully saturated rings. The number of benzene rings is 1. The summed E-state index contributed by atoms with van der Waals surface area (Å²) in [6, 6.07) is 8.09. The van der Waals surface area contributed by atoms with E-state index in [0.717, 1.165) is 23.1 Å². The highest BCUT2D eigenvalue weighted by Crippen LogP contribution is 2.22. The molecular weight excluding hydrogens is 304 g/mol. The van der Waals surface area contributed by atoms with Gasteiger partial charge >= 0.3 is 0 Å². The van der Waals surface area contributed by atoms with E-state index >= 15 is 0 Å². The van der Waals surface area contributed by atoms with Crippen LogP contribution in [0.3, 0.4) is 0 Å². The highest BCUT2D eigenvalue weighted by molar-refractivity contribution is 9.10. The first-order valence-electron chi connectivity index (χ1n) is 7.04. The highest BCUT2D eigenvalue weighted by atomic mass is 79.9. The molecule has 1 heterocycles. The quantitative estimate of drug-likeness (QED) is 0.868. The van der Waals surface area contributed by atoms with E-state index in [1.54, 1.807) is 0 Å². The van der Waals surface area contributed by atoms with Gasteiger partial charge in [0.05, 0.1) is 19.1 Å². The second kappa shape index (κ2) is 7.06. The number of carbonyl (C=O) groups excluding carboxylic acids is 1. The van der Waals surface area contributed by atoms with Crippen molar-refractivity contribution in [1.29, 1.82) is 0 Å². The summed E-state index contributed by atoms with van der Waals surface area (Å²) in [6.07, 6.45) is 3.82. The standard InChI is InChI=1S/C15H21BrN2O/c1-12(13-7-3-4-8-14(13)16)17-15(19)11-18-9-5-2-6-10-18/h3-4,7-8,12H,2,5-6,9-11H2,1H3,(H,17,19)/p+1/t12-/m0/s1. The van der Waals surface area contributed by atoms with E-state index in [0.29, 0.717) is 6.54 Å². The number of amides is 1. The topological polar surface area (TPSA) is 33.5 Å². The van der Waals surface area contributed by atoms with Gasteiger partial charge in [-0.05, 0) is 37.8 Å². The van der Waals surface area contributed by atoms with Gasteiger partial charge in [-0.15, -0.1) is 0 Å². The molecule has 1 aromatic carbocycles. The van der Waals surface area contributed by atoms with Crippen molar-refractivity contribution in [1.82, 2.24) is 5.32 Å². The summed E-state index contributed by atoms with van der Waals surface area (Å²) in [5.41, 5.74) is 1.13. The zero-order valence-corrected chi connectivity index (χ0v) is 13.0. The van der Waals surface area contributed by atoms with Gasteiger partial charge < -0.3 is 10.2 Å². The predicted octanol–water partition coefficient (Wildman–Crippen LogP) is 1.70. The molecule has 0 spiro atoms. The second-order valence-electron chi connectivity index (χ2n) is 5.30. The summed E-state index contributed by atoms with van der Waals surface area (Å²) < 4.78 is 1.05. The van der Waals surface area contributed by atoms with Gasteiger partial charge in [0.2, 0.25) is 0 Å². The number of nitrogens with one attached hydrogen (secondary N) is 2. The molecule has 0 unspecified atom stereocenters. The Hall–Kier alpha value is -0.870. The van der Waals surface area contributed by atoms with Crippen molar-refractivity contribution in [3.63, 3.8) is 0 Å². The van der Waals surface area contributed by atoms with Crippen molar-refractivity contribution in [2.24, 2.45) is 0 Å². The molecule has 1 aliphatic heterocycles. The van der Waals surface area contributed by atoms with E-state index in [4.69, 9.17) is 0 Å². The van der Waals surface area contributed by atoms with Crippen LogP contribution in [0, 0.1) is 0 Å². The smallest absolute Gasteiger partial charge is 0.275 e. The van der Waals surface area contributed by atoms with Gasteiger partial charge in [-0.1, -0.05) is 34.1 Å². The molecule has 19 heavy (non-hydrogen) atoms. The number of piperidine rings is 1. The Bertz CT molecular complexity index is 430. The van der Waals surface area contributed by atoms with E-state index in [-0.39, 0.29) is 11.9 Å². The van der Waals surface area contributed by atoms with Crippen LogP contribution in [0.4, 0.5) is 0 Å². The first-order valence-corrected chi connectivity index (χ1v) is 7.83. The minimum atomic E-state index is 0.0484. The first kappa shape index (κ1) is 14.5. The lowest BCUT2D eigenvalue weighted by Gasteiger charge is -2.24. The maximum absolute atomic E-state index is 12.1. The predicted molar refractivity (Wildman–Crippen MR) is 80.1 cm³/mol. The average Bonchev–Trinajstić information content (AvgIpc) is 2.40. The number of hydrogen-bond donors (Lipinski definition) is 2. The number of rotatable bonds is 4. The van der Waals surface area contributed by atoms with Crippen molar-refractivity contribution >= 4 is 21.8 Å². The normalized spacial score (nSPS) is 18.0. The van der Waals surface area contributed by atoms with Gasteiger partial charge in [-0.25, -0.2) is 0 Å².